The van der Waals surface area contributed by atoms with E-state index in [9.17, 15) is 13.6 Å². The lowest BCUT2D eigenvalue weighted by Gasteiger charge is -2.08. The van der Waals surface area contributed by atoms with Crippen molar-refractivity contribution in [2.24, 2.45) is 0 Å². The summed E-state index contributed by atoms with van der Waals surface area (Å²) in [7, 11) is 1.52. The van der Waals surface area contributed by atoms with Crippen molar-refractivity contribution in [3.63, 3.8) is 0 Å². The summed E-state index contributed by atoms with van der Waals surface area (Å²) in [6.07, 6.45) is -1.72. The van der Waals surface area contributed by atoms with Crippen molar-refractivity contribution in [2.75, 3.05) is 7.11 Å². The molecular formula is C12H9BrF2N2O2. The molecule has 4 nitrogen and oxygen atoms in total. The van der Waals surface area contributed by atoms with E-state index in [1.54, 1.807) is 24.3 Å². The van der Waals surface area contributed by atoms with Crippen LogP contribution >= 0.6 is 15.9 Å². The van der Waals surface area contributed by atoms with Crippen LogP contribution in [0.25, 0.3) is 5.69 Å². The van der Waals surface area contributed by atoms with E-state index in [1.807, 2.05) is 0 Å². The van der Waals surface area contributed by atoms with Crippen LogP contribution in [0.1, 0.15) is 12.1 Å². The van der Waals surface area contributed by atoms with Gasteiger partial charge in [-0.3, -0.25) is 9.36 Å². The summed E-state index contributed by atoms with van der Waals surface area (Å²) in [5, 5.41) is 0. The van der Waals surface area contributed by atoms with Crippen LogP contribution in [0.4, 0.5) is 8.78 Å². The van der Waals surface area contributed by atoms with Gasteiger partial charge in [0, 0.05) is 0 Å². The predicted octanol–water partition coefficient (Wildman–Crippen LogP) is 2.94. The van der Waals surface area contributed by atoms with E-state index in [-0.39, 0.29) is 4.47 Å². The molecule has 0 N–H and O–H groups in total. The second kappa shape index (κ2) is 5.48. The number of hydrogen-bond acceptors (Lipinski definition) is 3. The van der Waals surface area contributed by atoms with Crippen LogP contribution in [-0.2, 0) is 0 Å². The maximum Gasteiger partial charge on any atom is 0.281 e. The van der Waals surface area contributed by atoms with Crippen LogP contribution < -0.4 is 10.3 Å². The molecule has 0 aliphatic carbocycles. The number of aromatic nitrogens is 2. The third kappa shape index (κ3) is 2.65. The molecule has 0 unspecified atom stereocenters. The highest BCUT2D eigenvalue weighted by Gasteiger charge is 2.17. The van der Waals surface area contributed by atoms with E-state index in [1.165, 1.54) is 11.7 Å². The summed E-state index contributed by atoms with van der Waals surface area (Å²) >= 11 is 2.86. The molecule has 1 aromatic heterocycles. The van der Waals surface area contributed by atoms with E-state index < -0.39 is 17.7 Å². The van der Waals surface area contributed by atoms with Gasteiger partial charge in [0.2, 0.25) is 0 Å². The Morgan fingerprint density at radius 2 is 1.95 bits per heavy atom. The maximum atomic E-state index is 12.6. The highest BCUT2D eigenvalue weighted by atomic mass is 79.9. The molecule has 0 spiro atoms. The average molecular weight is 331 g/mol. The monoisotopic (exact) mass is 330 g/mol. The molecule has 1 aromatic carbocycles. The summed E-state index contributed by atoms with van der Waals surface area (Å²) in [4.78, 5) is 15.6. The van der Waals surface area contributed by atoms with Gasteiger partial charge >= 0.3 is 0 Å². The van der Waals surface area contributed by atoms with Crippen molar-refractivity contribution in [1.29, 1.82) is 0 Å². The molecule has 2 aromatic rings. The summed E-state index contributed by atoms with van der Waals surface area (Å²) in [6.45, 7) is 0. The summed E-state index contributed by atoms with van der Waals surface area (Å²) in [5.41, 5.74) is -0.634. The molecule has 19 heavy (non-hydrogen) atoms. The first-order chi connectivity index (χ1) is 9.04. The van der Waals surface area contributed by atoms with E-state index in [4.69, 9.17) is 4.74 Å². The summed E-state index contributed by atoms with van der Waals surface area (Å²) < 4.78 is 31.1. The smallest absolute Gasteiger partial charge is 0.281 e. The molecule has 0 amide bonds. The normalized spacial score (nSPS) is 10.8. The van der Waals surface area contributed by atoms with Crippen molar-refractivity contribution in [2.45, 2.75) is 6.43 Å². The topological polar surface area (TPSA) is 44.1 Å². The van der Waals surface area contributed by atoms with Crippen LogP contribution in [-0.4, -0.2) is 16.7 Å². The molecule has 0 saturated carbocycles. The molecule has 0 aliphatic rings. The van der Waals surface area contributed by atoms with Gasteiger partial charge in [-0.15, -0.1) is 0 Å². The van der Waals surface area contributed by atoms with Gasteiger partial charge in [0.15, 0.2) is 0 Å². The lowest BCUT2D eigenvalue weighted by Crippen LogP contribution is -2.21. The van der Waals surface area contributed by atoms with Crippen LogP contribution in [0.5, 0.6) is 5.75 Å². The molecule has 100 valence electrons. The van der Waals surface area contributed by atoms with Gasteiger partial charge in [-0.1, -0.05) is 0 Å². The summed E-state index contributed by atoms with van der Waals surface area (Å²) in [6, 6.07) is 6.60. The van der Waals surface area contributed by atoms with Crippen LogP contribution in [0.15, 0.2) is 39.9 Å². The third-order valence-electron chi connectivity index (χ3n) is 2.50. The quantitative estimate of drug-likeness (QED) is 0.869. The Bertz CT molecular complexity index is 641. The van der Waals surface area contributed by atoms with E-state index in [2.05, 4.69) is 20.9 Å². The number of halogens is 3. The molecule has 0 saturated heterocycles. The minimum Gasteiger partial charge on any atom is -0.497 e. The Kier molecular flexibility index (Phi) is 3.94. The van der Waals surface area contributed by atoms with Crippen molar-refractivity contribution in [1.82, 2.24) is 9.55 Å². The molecule has 0 fully saturated rings. The first-order valence-electron chi connectivity index (χ1n) is 5.24. The molecule has 0 bridgehead atoms. The van der Waals surface area contributed by atoms with Crippen LogP contribution in [0.3, 0.4) is 0 Å². The Labute approximate surface area is 115 Å². The number of rotatable bonds is 3. The Morgan fingerprint density at radius 1 is 1.32 bits per heavy atom. The van der Waals surface area contributed by atoms with Crippen molar-refractivity contribution < 1.29 is 13.5 Å². The lowest BCUT2D eigenvalue weighted by molar-refractivity contribution is 0.144. The first-order valence-corrected chi connectivity index (χ1v) is 6.03. The van der Waals surface area contributed by atoms with E-state index in [0.29, 0.717) is 11.4 Å². The second-order valence-corrected chi connectivity index (χ2v) is 4.41. The van der Waals surface area contributed by atoms with Gasteiger partial charge < -0.3 is 4.74 Å². The molecule has 0 aliphatic heterocycles. The zero-order valence-electron chi connectivity index (χ0n) is 9.81. The van der Waals surface area contributed by atoms with Gasteiger partial charge in [0.25, 0.3) is 12.0 Å². The molecule has 2 rings (SSSR count). The molecular weight excluding hydrogens is 322 g/mol. The Balaban J connectivity index is 2.51. The Morgan fingerprint density at radius 3 is 2.47 bits per heavy atom. The summed E-state index contributed by atoms with van der Waals surface area (Å²) in [5.74, 6) is 0.632. The molecule has 0 radical (unpaired) electrons. The van der Waals surface area contributed by atoms with Gasteiger partial charge in [-0.25, -0.2) is 13.8 Å². The maximum absolute atomic E-state index is 12.6. The molecule has 1 heterocycles. The zero-order valence-corrected chi connectivity index (χ0v) is 11.4. The third-order valence-corrected chi connectivity index (χ3v) is 3.25. The number of ether oxygens (including phenoxy) is 1. The highest BCUT2D eigenvalue weighted by molar-refractivity contribution is 9.10. The highest BCUT2D eigenvalue weighted by Crippen LogP contribution is 2.22. The van der Waals surface area contributed by atoms with Gasteiger partial charge in [0.05, 0.1) is 12.8 Å². The number of hydrogen-bond donors (Lipinski definition) is 0. The molecule has 7 heteroatoms. The van der Waals surface area contributed by atoms with Gasteiger partial charge in [-0.2, -0.15) is 0 Å². The fourth-order valence-electron chi connectivity index (χ4n) is 1.52. The largest absolute Gasteiger partial charge is 0.497 e. The number of methoxy groups -OCH3 is 1. The first kappa shape index (κ1) is 13.7. The minimum absolute atomic E-state index is 0.235. The van der Waals surface area contributed by atoms with Gasteiger partial charge in [-0.05, 0) is 40.2 Å². The fourth-order valence-corrected chi connectivity index (χ4v) is 1.99. The van der Waals surface area contributed by atoms with Crippen LogP contribution in [0, 0.1) is 0 Å². The number of alkyl halides is 2. The zero-order chi connectivity index (χ0) is 14.0. The van der Waals surface area contributed by atoms with E-state index >= 15 is 0 Å². The SMILES string of the molecule is COc1ccc(-n2cnc(C(F)F)c(Br)c2=O)cc1. The van der Waals surface area contributed by atoms with Crippen molar-refractivity contribution in [3.05, 3.63) is 51.1 Å². The minimum atomic E-state index is -2.80. The standard InChI is InChI=1S/C12H9BrF2N2O2/c1-19-8-4-2-7(3-5-8)17-6-16-10(11(14)15)9(13)12(17)18/h2-6,11H,1H3. The number of benzene rings is 1. The van der Waals surface area contributed by atoms with Crippen molar-refractivity contribution in [3.8, 4) is 11.4 Å². The lowest BCUT2D eigenvalue weighted by atomic mass is 10.3. The Hall–Kier alpha value is -1.76. The molecule has 0 atom stereocenters. The van der Waals surface area contributed by atoms with E-state index in [0.717, 1.165) is 6.33 Å². The average Bonchev–Trinajstić information content (AvgIpc) is 2.41. The van der Waals surface area contributed by atoms with Crippen molar-refractivity contribution >= 4 is 15.9 Å². The van der Waals surface area contributed by atoms with Gasteiger partial charge in [0.1, 0.15) is 22.2 Å². The van der Waals surface area contributed by atoms with Crippen LogP contribution in [0.2, 0.25) is 0 Å². The second-order valence-electron chi connectivity index (χ2n) is 3.62. The fraction of sp³-hybridized carbons (Fsp3) is 0.167. The number of nitrogens with zero attached hydrogens (tertiary/aromatic N) is 2. The predicted molar refractivity (Wildman–Crippen MR) is 69.0 cm³/mol.